The Labute approximate surface area is 162 Å². The van der Waals surface area contributed by atoms with E-state index in [-0.39, 0.29) is 17.7 Å². The van der Waals surface area contributed by atoms with Gasteiger partial charge < -0.3 is 15.2 Å². The number of aromatic nitrogens is 1. The first-order valence-corrected chi connectivity index (χ1v) is 9.34. The number of carbonyl (C=O) groups is 2. The van der Waals surface area contributed by atoms with Gasteiger partial charge in [-0.1, -0.05) is 41.9 Å². The molecule has 0 aliphatic carbocycles. The summed E-state index contributed by atoms with van der Waals surface area (Å²) in [6.07, 6.45) is 0.679. The topological polar surface area (TPSA) is 65.2 Å². The summed E-state index contributed by atoms with van der Waals surface area (Å²) in [7, 11) is 1.63. The smallest absolute Gasteiger partial charge is 0.270 e. The summed E-state index contributed by atoms with van der Waals surface area (Å²) in [5, 5.41) is 4.21. The molecular formula is C21H20ClN3O2. The number of aromatic amines is 1. The van der Waals surface area contributed by atoms with Crippen LogP contribution in [0, 0.1) is 5.92 Å². The fourth-order valence-corrected chi connectivity index (χ4v) is 3.92. The fraction of sp³-hybridized carbons (Fsp3) is 0.238. The summed E-state index contributed by atoms with van der Waals surface area (Å²) < 4.78 is 0. The van der Waals surface area contributed by atoms with Gasteiger partial charge in [0.25, 0.3) is 5.91 Å². The van der Waals surface area contributed by atoms with Crippen molar-refractivity contribution in [1.29, 1.82) is 0 Å². The van der Waals surface area contributed by atoms with Crippen molar-refractivity contribution in [3.05, 3.63) is 59.2 Å². The van der Waals surface area contributed by atoms with Crippen molar-refractivity contribution in [3.63, 3.8) is 0 Å². The minimum absolute atomic E-state index is 0.0167. The van der Waals surface area contributed by atoms with Gasteiger partial charge in [-0.2, -0.15) is 0 Å². The van der Waals surface area contributed by atoms with Gasteiger partial charge in [0.2, 0.25) is 5.91 Å². The van der Waals surface area contributed by atoms with Gasteiger partial charge in [-0.05, 0) is 30.2 Å². The Morgan fingerprint density at radius 3 is 2.70 bits per heavy atom. The third-order valence-corrected chi connectivity index (χ3v) is 5.36. The maximum absolute atomic E-state index is 13.3. The van der Waals surface area contributed by atoms with Crippen LogP contribution in [0.1, 0.15) is 16.9 Å². The summed E-state index contributed by atoms with van der Waals surface area (Å²) in [4.78, 5) is 30.2. The molecular weight excluding hydrogens is 362 g/mol. The van der Waals surface area contributed by atoms with Gasteiger partial charge in [-0.25, -0.2) is 0 Å². The molecule has 0 saturated carbocycles. The van der Waals surface area contributed by atoms with Gasteiger partial charge in [0.05, 0.1) is 5.92 Å². The maximum atomic E-state index is 13.3. The zero-order valence-electron chi connectivity index (χ0n) is 15.0. The van der Waals surface area contributed by atoms with Crippen LogP contribution < -0.4 is 5.32 Å². The van der Waals surface area contributed by atoms with E-state index in [1.165, 1.54) is 0 Å². The van der Waals surface area contributed by atoms with E-state index in [4.69, 9.17) is 11.6 Å². The Kier molecular flexibility index (Phi) is 4.62. The Morgan fingerprint density at radius 2 is 1.96 bits per heavy atom. The van der Waals surface area contributed by atoms with Crippen LogP contribution in [0.3, 0.4) is 0 Å². The fourth-order valence-electron chi connectivity index (χ4n) is 3.75. The molecule has 2 aromatic carbocycles. The lowest BCUT2D eigenvalue weighted by Crippen LogP contribution is -2.33. The van der Waals surface area contributed by atoms with E-state index >= 15 is 0 Å². The lowest BCUT2D eigenvalue weighted by atomic mass is 10.0. The first-order valence-electron chi connectivity index (χ1n) is 8.96. The monoisotopic (exact) mass is 381 g/mol. The number of rotatable bonds is 3. The van der Waals surface area contributed by atoms with Crippen molar-refractivity contribution in [2.45, 2.75) is 6.42 Å². The number of benzene rings is 2. The number of fused-ring (bicyclic) bond motifs is 1. The zero-order valence-corrected chi connectivity index (χ0v) is 15.7. The molecule has 6 heteroatoms. The van der Waals surface area contributed by atoms with E-state index in [9.17, 15) is 9.59 Å². The predicted molar refractivity (Wildman–Crippen MR) is 107 cm³/mol. The van der Waals surface area contributed by atoms with Gasteiger partial charge in [-0.15, -0.1) is 0 Å². The summed E-state index contributed by atoms with van der Waals surface area (Å²) in [6.45, 7) is 1.00. The molecule has 4 rings (SSSR count). The molecule has 1 fully saturated rings. The Bertz CT molecular complexity index is 1010. The van der Waals surface area contributed by atoms with Gasteiger partial charge in [-0.3, -0.25) is 9.59 Å². The molecule has 1 aliphatic rings. The molecule has 0 radical (unpaired) electrons. The zero-order chi connectivity index (χ0) is 19.0. The first kappa shape index (κ1) is 17.6. The van der Waals surface area contributed by atoms with Gasteiger partial charge in [0.15, 0.2) is 0 Å². The number of nitrogens with zero attached hydrogens (tertiary/aromatic N) is 1. The molecule has 3 aromatic rings. The standard InChI is InChI=1S/C21H20ClN3O2/c1-23-20(26)14-9-10-25(12-14)21(27)19-18(13-5-3-2-4-6-13)16-11-15(22)7-8-17(16)24-19/h2-8,11,14,24H,9-10,12H2,1H3,(H,23,26)/t14-/m0/s1. The Hall–Kier alpha value is -2.79. The van der Waals surface area contributed by atoms with Crippen LogP contribution in [-0.2, 0) is 4.79 Å². The molecule has 5 nitrogen and oxygen atoms in total. The highest BCUT2D eigenvalue weighted by Gasteiger charge is 2.33. The first-order chi connectivity index (χ1) is 13.1. The van der Waals surface area contributed by atoms with Crippen LogP contribution in [0.5, 0.6) is 0 Å². The number of H-pyrrole nitrogens is 1. The number of hydrogen-bond acceptors (Lipinski definition) is 2. The van der Waals surface area contributed by atoms with Crippen LogP contribution in [0.25, 0.3) is 22.0 Å². The van der Waals surface area contributed by atoms with E-state index in [1.54, 1.807) is 18.0 Å². The molecule has 0 bridgehead atoms. The van der Waals surface area contributed by atoms with Crippen LogP contribution in [0.15, 0.2) is 48.5 Å². The molecule has 1 saturated heterocycles. The van der Waals surface area contributed by atoms with E-state index < -0.39 is 0 Å². The van der Waals surface area contributed by atoms with Gasteiger partial charge >= 0.3 is 0 Å². The average Bonchev–Trinajstić information content (AvgIpc) is 3.32. The maximum Gasteiger partial charge on any atom is 0.270 e. The Morgan fingerprint density at radius 1 is 1.19 bits per heavy atom. The highest BCUT2D eigenvalue weighted by Crippen LogP contribution is 2.35. The molecule has 27 heavy (non-hydrogen) atoms. The molecule has 0 unspecified atom stereocenters. The van der Waals surface area contributed by atoms with Crippen LogP contribution >= 0.6 is 11.6 Å². The second kappa shape index (κ2) is 7.08. The molecule has 2 N–H and O–H groups in total. The third-order valence-electron chi connectivity index (χ3n) is 5.13. The van der Waals surface area contributed by atoms with E-state index in [2.05, 4.69) is 10.3 Å². The van der Waals surface area contributed by atoms with Crippen molar-refractivity contribution >= 4 is 34.3 Å². The molecule has 2 heterocycles. The second-order valence-electron chi connectivity index (χ2n) is 6.78. The number of nitrogens with one attached hydrogen (secondary N) is 2. The number of likely N-dealkylation sites (tertiary alicyclic amines) is 1. The number of amides is 2. The number of carbonyl (C=O) groups excluding carboxylic acids is 2. The Balaban J connectivity index is 1.78. The van der Waals surface area contributed by atoms with Crippen LogP contribution in [0.2, 0.25) is 5.02 Å². The van der Waals surface area contributed by atoms with Crippen molar-refractivity contribution in [2.24, 2.45) is 5.92 Å². The van der Waals surface area contributed by atoms with Crippen molar-refractivity contribution in [2.75, 3.05) is 20.1 Å². The van der Waals surface area contributed by atoms with Crippen LogP contribution in [0.4, 0.5) is 0 Å². The van der Waals surface area contributed by atoms with E-state index in [0.717, 1.165) is 22.0 Å². The molecule has 0 spiro atoms. The lowest BCUT2D eigenvalue weighted by molar-refractivity contribution is -0.124. The SMILES string of the molecule is CNC(=O)[C@H]1CCN(C(=O)c2[nH]c3ccc(Cl)cc3c2-c2ccccc2)C1. The predicted octanol–water partition coefficient (Wildman–Crippen LogP) is 3.70. The average molecular weight is 382 g/mol. The van der Waals surface area contributed by atoms with Gasteiger partial charge in [0, 0.05) is 41.6 Å². The quantitative estimate of drug-likeness (QED) is 0.726. The summed E-state index contributed by atoms with van der Waals surface area (Å²) in [5.41, 5.74) is 3.21. The highest BCUT2D eigenvalue weighted by molar-refractivity contribution is 6.31. The highest BCUT2D eigenvalue weighted by atomic mass is 35.5. The molecule has 138 valence electrons. The lowest BCUT2D eigenvalue weighted by Gasteiger charge is -2.16. The minimum Gasteiger partial charge on any atom is -0.359 e. The largest absolute Gasteiger partial charge is 0.359 e. The van der Waals surface area contributed by atoms with E-state index in [1.807, 2.05) is 42.5 Å². The number of hydrogen-bond donors (Lipinski definition) is 2. The number of halogens is 1. The van der Waals surface area contributed by atoms with Gasteiger partial charge in [0.1, 0.15) is 5.69 Å². The van der Waals surface area contributed by atoms with Crippen LogP contribution in [-0.4, -0.2) is 41.8 Å². The molecule has 2 amide bonds. The van der Waals surface area contributed by atoms with Crippen molar-refractivity contribution < 1.29 is 9.59 Å². The summed E-state index contributed by atoms with van der Waals surface area (Å²) in [6, 6.07) is 15.4. The second-order valence-corrected chi connectivity index (χ2v) is 7.22. The van der Waals surface area contributed by atoms with E-state index in [0.29, 0.717) is 30.2 Å². The van der Waals surface area contributed by atoms with Crippen molar-refractivity contribution in [1.82, 2.24) is 15.2 Å². The molecule has 1 atom stereocenters. The van der Waals surface area contributed by atoms with Crippen molar-refractivity contribution in [3.8, 4) is 11.1 Å². The summed E-state index contributed by atoms with van der Waals surface area (Å²) in [5.74, 6) is -0.262. The summed E-state index contributed by atoms with van der Waals surface area (Å²) >= 11 is 6.21. The minimum atomic E-state index is -0.155. The third kappa shape index (κ3) is 3.19. The molecule has 1 aliphatic heterocycles. The normalized spacial score (nSPS) is 16.7. The molecule has 1 aromatic heterocycles.